The van der Waals surface area contributed by atoms with E-state index in [9.17, 15) is 9.59 Å². The van der Waals surface area contributed by atoms with Gasteiger partial charge in [-0.25, -0.2) is 0 Å². The molecule has 1 aromatic carbocycles. The van der Waals surface area contributed by atoms with Crippen molar-refractivity contribution in [1.82, 2.24) is 4.90 Å². The van der Waals surface area contributed by atoms with Gasteiger partial charge >= 0.3 is 0 Å². The first kappa shape index (κ1) is 23.1. The van der Waals surface area contributed by atoms with Crippen LogP contribution in [0.5, 0.6) is 11.5 Å². The number of methoxy groups -OCH3 is 2. The van der Waals surface area contributed by atoms with Crippen LogP contribution in [0.15, 0.2) is 40.7 Å². The number of ketones is 2. The molecule has 33 heavy (non-hydrogen) atoms. The number of Topliss-reactive ketones (excluding diaryl/α,β-unsaturated/α-hetero) is 2. The highest BCUT2D eigenvalue weighted by molar-refractivity contribution is 6.06. The van der Waals surface area contributed by atoms with Crippen LogP contribution in [0, 0.1) is 12.3 Å². The van der Waals surface area contributed by atoms with E-state index in [1.807, 2.05) is 18.2 Å². The molecule has 1 aliphatic heterocycles. The fourth-order valence-corrected chi connectivity index (χ4v) is 5.29. The van der Waals surface area contributed by atoms with Crippen LogP contribution in [0.1, 0.15) is 56.4 Å². The zero-order valence-electron chi connectivity index (χ0n) is 19.4. The van der Waals surface area contributed by atoms with Crippen LogP contribution in [0.25, 0.3) is 0 Å². The summed E-state index contributed by atoms with van der Waals surface area (Å²) < 4.78 is 16.4. The van der Waals surface area contributed by atoms with Gasteiger partial charge in [0.15, 0.2) is 23.1 Å². The number of carbonyl (C=O) groups excluding carboxylic acids is 2. The van der Waals surface area contributed by atoms with Crippen molar-refractivity contribution in [1.29, 1.82) is 0 Å². The fourth-order valence-electron chi connectivity index (χ4n) is 5.29. The molecule has 0 aromatic heterocycles. The molecule has 0 spiro atoms. The molecule has 3 aliphatic rings. The molecule has 0 saturated heterocycles. The summed E-state index contributed by atoms with van der Waals surface area (Å²) in [5.74, 6) is 3.45. The van der Waals surface area contributed by atoms with E-state index in [-0.39, 0.29) is 24.1 Å². The van der Waals surface area contributed by atoms with Gasteiger partial charge in [0.25, 0.3) is 0 Å². The Bertz CT molecular complexity index is 1000. The normalized spacial score (nSPS) is 18.8. The van der Waals surface area contributed by atoms with Crippen molar-refractivity contribution >= 4 is 11.6 Å². The van der Waals surface area contributed by atoms with E-state index in [0.717, 1.165) is 66.8 Å². The molecular weight excluding hydrogens is 418 g/mol. The SMILES string of the molecule is C#CCOc1ccc(C2C3=C(CCCC3=O)N(CCCOC)C3=C2C(=O)CCC3)cc1OC. The predicted molar refractivity (Wildman–Crippen MR) is 125 cm³/mol. The van der Waals surface area contributed by atoms with Gasteiger partial charge in [-0.3, -0.25) is 9.59 Å². The summed E-state index contributed by atoms with van der Waals surface area (Å²) in [7, 11) is 3.27. The van der Waals surface area contributed by atoms with Crippen molar-refractivity contribution < 1.29 is 23.8 Å². The third-order valence-electron chi connectivity index (χ3n) is 6.65. The van der Waals surface area contributed by atoms with Gasteiger partial charge < -0.3 is 19.1 Å². The van der Waals surface area contributed by atoms with Gasteiger partial charge in [0, 0.05) is 61.6 Å². The fraction of sp³-hybridized carbons (Fsp3) is 0.481. The molecule has 0 atom stereocenters. The predicted octanol–water partition coefficient (Wildman–Crippen LogP) is 4.16. The molecule has 174 valence electrons. The maximum absolute atomic E-state index is 13.3. The first-order chi connectivity index (χ1) is 16.1. The lowest BCUT2D eigenvalue weighted by Gasteiger charge is -2.44. The zero-order valence-corrected chi connectivity index (χ0v) is 19.4. The van der Waals surface area contributed by atoms with Crippen molar-refractivity contribution in [2.75, 3.05) is 34.0 Å². The number of hydrogen-bond donors (Lipinski definition) is 0. The van der Waals surface area contributed by atoms with Gasteiger partial charge in [0.05, 0.1) is 7.11 Å². The van der Waals surface area contributed by atoms with Crippen LogP contribution >= 0.6 is 0 Å². The number of allylic oxidation sites excluding steroid dienone is 4. The highest BCUT2D eigenvalue weighted by Gasteiger charge is 2.43. The first-order valence-corrected chi connectivity index (χ1v) is 11.6. The van der Waals surface area contributed by atoms with Crippen LogP contribution in [-0.4, -0.2) is 50.4 Å². The quantitative estimate of drug-likeness (QED) is 0.439. The maximum atomic E-state index is 13.3. The second-order valence-electron chi connectivity index (χ2n) is 8.61. The minimum Gasteiger partial charge on any atom is -0.493 e. The van der Waals surface area contributed by atoms with Gasteiger partial charge in [-0.2, -0.15) is 0 Å². The van der Waals surface area contributed by atoms with Crippen molar-refractivity contribution in [3.63, 3.8) is 0 Å². The lowest BCUT2D eigenvalue weighted by molar-refractivity contribution is -0.117. The lowest BCUT2D eigenvalue weighted by Crippen LogP contribution is -2.39. The zero-order chi connectivity index (χ0) is 23.4. The number of carbonyl (C=O) groups is 2. The summed E-state index contributed by atoms with van der Waals surface area (Å²) >= 11 is 0. The Hall–Kier alpha value is -3.04. The Morgan fingerprint density at radius 3 is 2.24 bits per heavy atom. The van der Waals surface area contributed by atoms with Crippen LogP contribution in [0.2, 0.25) is 0 Å². The average Bonchev–Trinajstić information content (AvgIpc) is 2.83. The smallest absolute Gasteiger partial charge is 0.162 e. The molecule has 6 heteroatoms. The van der Waals surface area contributed by atoms with Crippen LogP contribution in [0.4, 0.5) is 0 Å². The van der Waals surface area contributed by atoms with Gasteiger partial charge in [-0.1, -0.05) is 12.0 Å². The van der Waals surface area contributed by atoms with Gasteiger partial charge in [0.1, 0.15) is 6.61 Å². The summed E-state index contributed by atoms with van der Waals surface area (Å²) in [6.07, 6.45) is 10.6. The van der Waals surface area contributed by atoms with E-state index in [0.29, 0.717) is 30.9 Å². The maximum Gasteiger partial charge on any atom is 0.162 e. The topological polar surface area (TPSA) is 65.1 Å². The number of benzene rings is 1. The summed E-state index contributed by atoms with van der Waals surface area (Å²) in [6, 6.07) is 5.63. The summed E-state index contributed by atoms with van der Waals surface area (Å²) in [4.78, 5) is 28.9. The average molecular weight is 450 g/mol. The van der Waals surface area contributed by atoms with Gasteiger partial charge in [-0.05, 0) is 49.8 Å². The molecule has 0 amide bonds. The van der Waals surface area contributed by atoms with Crippen molar-refractivity contribution in [2.45, 2.75) is 50.9 Å². The Morgan fingerprint density at radius 2 is 1.67 bits per heavy atom. The second-order valence-corrected chi connectivity index (χ2v) is 8.61. The van der Waals surface area contributed by atoms with E-state index in [1.54, 1.807) is 14.2 Å². The van der Waals surface area contributed by atoms with Crippen molar-refractivity contribution in [3.8, 4) is 23.8 Å². The Kier molecular flexibility index (Phi) is 7.20. The minimum atomic E-state index is -0.371. The molecular formula is C27H31NO5. The molecule has 1 heterocycles. The molecule has 0 unspecified atom stereocenters. The summed E-state index contributed by atoms with van der Waals surface area (Å²) in [5, 5.41) is 0. The van der Waals surface area contributed by atoms with E-state index >= 15 is 0 Å². The molecule has 0 fully saturated rings. The first-order valence-electron chi connectivity index (χ1n) is 11.6. The molecule has 1 aromatic rings. The number of nitrogens with zero attached hydrogens (tertiary/aromatic N) is 1. The third-order valence-corrected chi connectivity index (χ3v) is 6.65. The Morgan fingerprint density at radius 1 is 1.00 bits per heavy atom. The second kappa shape index (κ2) is 10.3. The molecule has 4 rings (SSSR count). The van der Waals surface area contributed by atoms with Crippen LogP contribution < -0.4 is 9.47 Å². The monoisotopic (exact) mass is 449 g/mol. The number of ether oxygens (including phenoxy) is 3. The Labute approximate surface area is 195 Å². The molecule has 0 N–H and O–H groups in total. The largest absolute Gasteiger partial charge is 0.493 e. The standard InChI is InChI=1S/C27H31NO5/c1-4-15-33-23-13-12-18(17-24(23)32-3)25-26-19(8-5-10-21(26)29)28(14-7-16-31-2)20-9-6-11-22(30)27(20)25/h1,12-13,17,25H,5-11,14-16H2,2-3H3. The van der Waals surface area contributed by atoms with Crippen LogP contribution in [0.3, 0.4) is 0 Å². The van der Waals surface area contributed by atoms with Crippen molar-refractivity contribution in [2.24, 2.45) is 0 Å². The third kappa shape index (κ3) is 4.43. The van der Waals surface area contributed by atoms with Gasteiger partial charge in [0.2, 0.25) is 0 Å². The Balaban J connectivity index is 1.84. The van der Waals surface area contributed by atoms with E-state index in [1.165, 1.54) is 0 Å². The molecule has 0 saturated carbocycles. The van der Waals surface area contributed by atoms with E-state index in [2.05, 4.69) is 10.8 Å². The summed E-state index contributed by atoms with van der Waals surface area (Å²) in [6.45, 7) is 1.53. The highest BCUT2D eigenvalue weighted by Crippen LogP contribution is 2.50. The summed E-state index contributed by atoms with van der Waals surface area (Å²) in [5.41, 5.74) is 4.57. The number of rotatable bonds is 8. The van der Waals surface area contributed by atoms with Crippen LogP contribution in [-0.2, 0) is 14.3 Å². The van der Waals surface area contributed by atoms with Gasteiger partial charge in [-0.15, -0.1) is 6.42 Å². The molecule has 6 nitrogen and oxygen atoms in total. The van der Waals surface area contributed by atoms with E-state index < -0.39 is 0 Å². The number of terminal acetylenes is 1. The number of hydrogen-bond acceptors (Lipinski definition) is 6. The molecule has 2 aliphatic carbocycles. The molecule has 0 bridgehead atoms. The molecule has 0 radical (unpaired) electrons. The van der Waals surface area contributed by atoms with E-state index in [4.69, 9.17) is 20.6 Å². The minimum absolute atomic E-state index is 0.134. The van der Waals surface area contributed by atoms with Crippen molar-refractivity contribution in [3.05, 3.63) is 46.3 Å². The lowest BCUT2D eigenvalue weighted by atomic mass is 9.71. The highest BCUT2D eigenvalue weighted by atomic mass is 16.5.